The SMILES string of the molecule is [O-][S+](Cc1cn([C@H](Cc2ccccc2)CN2CCCCC2)nn1)c1cccc(C(F)(F)F)c1. The Balaban J connectivity index is 1.48. The topological polar surface area (TPSA) is 57.0 Å². The highest BCUT2D eigenvalue weighted by Gasteiger charge is 2.32. The van der Waals surface area contributed by atoms with Gasteiger partial charge in [-0.1, -0.05) is 48.0 Å². The van der Waals surface area contributed by atoms with Gasteiger partial charge < -0.3 is 9.45 Å². The van der Waals surface area contributed by atoms with E-state index in [9.17, 15) is 17.7 Å². The summed E-state index contributed by atoms with van der Waals surface area (Å²) in [5.74, 6) is 0.0169. The Morgan fingerprint density at radius 3 is 2.48 bits per heavy atom. The summed E-state index contributed by atoms with van der Waals surface area (Å²) >= 11 is -1.65. The van der Waals surface area contributed by atoms with Crippen molar-refractivity contribution < 1.29 is 17.7 Å². The molecule has 0 N–H and O–H groups in total. The number of nitrogens with zero attached hydrogens (tertiary/aromatic N) is 4. The molecule has 1 unspecified atom stereocenters. The van der Waals surface area contributed by atoms with Crippen molar-refractivity contribution in [3.8, 4) is 0 Å². The predicted octanol–water partition coefficient (Wildman–Crippen LogP) is 4.87. The van der Waals surface area contributed by atoms with Crippen molar-refractivity contribution >= 4 is 11.2 Å². The van der Waals surface area contributed by atoms with Gasteiger partial charge in [0.1, 0.15) is 5.69 Å². The molecule has 1 saturated heterocycles. The van der Waals surface area contributed by atoms with Crippen molar-refractivity contribution in [3.05, 3.63) is 77.6 Å². The number of likely N-dealkylation sites (tertiary alicyclic amines) is 1. The summed E-state index contributed by atoms with van der Waals surface area (Å²) in [5.41, 5.74) is 0.896. The van der Waals surface area contributed by atoms with Crippen LogP contribution in [0.2, 0.25) is 0 Å². The van der Waals surface area contributed by atoms with E-state index in [1.807, 2.05) is 22.9 Å². The van der Waals surface area contributed by atoms with Crippen LogP contribution in [-0.4, -0.2) is 44.1 Å². The normalized spacial score (nSPS) is 17.1. The zero-order valence-electron chi connectivity index (χ0n) is 18.2. The first kappa shape index (κ1) is 23.8. The van der Waals surface area contributed by atoms with Crippen LogP contribution in [0.4, 0.5) is 13.2 Å². The molecule has 33 heavy (non-hydrogen) atoms. The molecule has 0 radical (unpaired) electrons. The molecule has 1 fully saturated rings. The zero-order chi connectivity index (χ0) is 23.3. The van der Waals surface area contributed by atoms with E-state index in [0.29, 0.717) is 5.69 Å². The number of halogens is 3. The fourth-order valence-corrected chi connectivity index (χ4v) is 5.21. The Labute approximate surface area is 194 Å². The van der Waals surface area contributed by atoms with Crippen LogP contribution in [0.5, 0.6) is 0 Å². The monoisotopic (exact) mass is 476 g/mol. The van der Waals surface area contributed by atoms with Gasteiger partial charge in [0.15, 0.2) is 10.6 Å². The molecule has 176 valence electrons. The lowest BCUT2D eigenvalue weighted by molar-refractivity contribution is -0.137. The van der Waals surface area contributed by atoms with Crippen molar-refractivity contribution in [2.75, 3.05) is 19.6 Å². The maximum absolute atomic E-state index is 13.0. The minimum atomic E-state index is -4.47. The van der Waals surface area contributed by atoms with E-state index in [1.165, 1.54) is 37.0 Å². The Kier molecular flexibility index (Phi) is 7.72. The van der Waals surface area contributed by atoms with E-state index < -0.39 is 22.9 Å². The molecule has 2 atom stereocenters. The highest BCUT2D eigenvalue weighted by atomic mass is 32.2. The Hall–Kier alpha value is -2.36. The maximum Gasteiger partial charge on any atom is 0.416 e. The van der Waals surface area contributed by atoms with Crippen molar-refractivity contribution in [1.82, 2.24) is 19.9 Å². The third kappa shape index (κ3) is 6.59. The average molecular weight is 477 g/mol. The smallest absolute Gasteiger partial charge is 0.416 e. The van der Waals surface area contributed by atoms with Crippen LogP contribution in [0.25, 0.3) is 0 Å². The van der Waals surface area contributed by atoms with E-state index in [0.717, 1.165) is 38.2 Å². The lowest BCUT2D eigenvalue weighted by Gasteiger charge is -2.30. The summed E-state index contributed by atoms with van der Waals surface area (Å²) in [7, 11) is 0. The van der Waals surface area contributed by atoms with Gasteiger partial charge in [0.2, 0.25) is 0 Å². The van der Waals surface area contributed by atoms with Gasteiger partial charge in [-0.15, -0.1) is 5.10 Å². The number of alkyl halides is 3. The molecule has 2 heterocycles. The standard InChI is InChI=1S/C24H27F3N4OS/c25-24(26,27)20-10-7-11-23(15-20)33(32)18-21-16-31(29-28-21)22(14-19-8-3-1-4-9-19)17-30-12-5-2-6-13-30/h1,3-4,7-11,15-16,22H,2,5-6,12-14,17-18H2/t22-,33?/m1/s1. The van der Waals surface area contributed by atoms with Crippen molar-refractivity contribution in [2.45, 2.75) is 48.5 Å². The third-order valence-corrected chi connectivity index (χ3v) is 7.20. The Morgan fingerprint density at radius 1 is 1.00 bits per heavy atom. The van der Waals surface area contributed by atoms with E-state index >= 15 is 0 Å². The maximum atomic E-state index is 13.0. The number of piperidine rings is 1. The number of hydrogen-bond acceptors (Lipinski definition) is 4. The van der Waals surface area contributed by atoms with Gasteiger partial charge >= 0.3 is 6.18 Å². The van der Waals surface area contributed by atoms with E-state index in [2.05, 4.69) is 27.3 Å². The highest BCUT2D eigenvalue weighted by molar-refractivity contribution is 7.90. The van der Waals surface area contributed by atoms with Crippen LogP contribution in [0.15, 0.2) is 65.7 Å². The Morgan fingerprint density at radius 2 is 1.76 bits per heavy atom. The summed E-state index contributed by atoms with van der Waals surface area (Å²) in [6.45, 7) is 2.97. The molecule has 1 aliphatic heterocycles. The molecule has 0 bridgehead atoms. The quantitative estimate of drug-likeness (QED) is 0.435. The predicted molar refractivity (Wildman–Crippen MR) is 121 cm³/mol. The molecule has 5 nitrogen and oxygen atoms in total. The van der Waals surface area contributed by atoms with E-state index in [4.69, 9.17) is 0 Å². The molecule has 1 aliphatic rings. The molecule has 1 aromatic heterocycles. The lowest BCUT2D eigenvalue weighted by Crippen LogP contribution is -2.36. The molecular weight excluding hydrogens is 449 g/mol. The second kappa shape index (κ2) is 10.7. The van der Waals surface area contributed by atoms with Crippen LogP contribution in [0.1, 0.15) is 42.1 Å². The summed E-state index contributed by atoms with van der Waals surface area (Å²) in [6, 6.07) is 14.9. The first-order chi connectivity index (χ1) is 15.9. The van der Waals surface area contributed by atoms with Gasteiger partial charge in [-0.05, 0) is 61.2 Å². The van der Waals surface area contributed by atoms with Crippen LogP contribution in [0.3, 0.4) is 0 Å². The van der Waals surface area contributed by atoms with Gasteiger partial charge in [-0.2, -0.15) is 13.2 Å². The second-order valence-electron chi connectivity index (χ2n) is 8.41. The average Bonchev–Trinajstić information content (AvgIpc) is 3.28. The Bertz CT molecular complexity index is 1020. The fraction of sp³-hybridized carbons (Fsp3) is 0.417. The number of benzene rings is 2. The fourth-order valence-electron chi connectivity index (χ4n) is 4.16. The van der Waals surface area contributed by atoms with Crippen LogP contribution >= 0.6 is 0 Å². The van der Waals surface area contributed by atoms with Gasteiger partial charge in [0.25, 0.3) is 0 Å². The van der Waals surface area contributed by atoms with Crippen LogP contribution in [-0.2, 0) is 29.5 Å². The van der Waals surface area contributed by atoms with Crippen molar-refractivity contribution in [2.24, 2.45) is 0 Å². The summed E-state index contributed by atoms with van der Waals surface area (Å²) in [6.07, 6.45) is 1.74. The number of aromatic nitrogens is 3. The molecule has 9 heteroatoms. The third-order valence-electron chi connectivity index (χ3n) is 5.87. The molecule has 4 rings (SSSR count). The minimum Gasteiger partial charge on any atom is -0.611 e. The summed E-state index contributed by atoms with van der Waals surface area (Å²) < 4.78 is 53.5. The number of hydrogen-bond donors (Lipinski definition) is 0. The van der Waals surface area contributed by atoms with Gasteiger partial charge in [-0.25, -0.2) is 4.68 Å². The molecule has 0 aliphatic carbocycles. The molecule has 0 saturated carbocycles. The molecule has 0 amide bonds. The van der Waals surface area contributed by atoms with E-state index in [-0.39, 0.29) is 16.7 Å². The summed E-state index contributed by atoms with van der Waals surface area (Å²) in [5, 5.41) is 8.49. The van der Waals surface area contributed by atoms with Crippen LogP contribution in [0, 0.1) is 0 Å². The molecule has 0 spiro atoms. The second-order valence-corrected chi connectivity index (χ2v) is 9.86. The first-order valence-corrected chi connectivity index (χ1v) is 12.4. The highest BCUT2D eigenvalue weighted by Crippen LogP contribution is 2.31. The molecule has 3 aromatic rings. The number of rotatable bonds is 8. The lowest BCUT2D eigenvalue weighted by atomic mass is 10.0. The summed E-state index contributed by atoms with van der Waals surface area (Å²) in [4.78, 5) is 2.58. The largest absolute Gasteiger partial charge is 0.611 e. The first-order valence-electron chi connectivity index (χ1n) is 11.1. The molecular formula is C24H27F3N4OS. The molecule has 2 aromatic carbocycles. The van der Waals surface area contributed by atoms with Crippen LogP contribution < -0.4 is 0 Å². The van der Waals surface area contributed by atoms with Gasteiger partial charge in [0, 0.05) is 12.6 Å². The van der Waals surface area contributed by atoms with Gasteiger partial charge in [-0.3, -0.25) is 0 Å². The van der Waals surface area contributed by atoms with Crippen molar-refractivity contribution in [3.63, 3.8) is 0 Å². The minimum absolute atomic E-state index is 0.0169. The van der Waals surface area contributed by atoms with Crippen molar-refractivity contribution in [1.29, 1.82) is 0 Å². The zero-order valence-corrected chi connectivity index (χ0v) is 19.1. The van der Waals surface area contributed by atoms with Gasteiger partial charge in [0.05, 0.1) is 17.8 Å². The van der Waals surface area contributed by atoms with E-state index in [1.54, 1.807) is 6.20 Å².